The van der Waals surface area contributed by atoms with Crippen molar-refractivity contribution in [3.8, 4) is 0 Å². The van der Waals surface area contributed by atoms with Crippen molar-refractivity contribution in [2.75, 3.05) is 0 Å². The van der Waals surface area contributed by atoms with Crippen LogP contribution >= 0.6 is 0 Å². The molecule has 0 saturated carbocycles. The zero-order valence-corrected chi connectivity index (χ0v) is 19.3. The average molecular weight is 430 g/mol. The monoisotopic (exact) mass is 428 g/mol. The van der Waals surface area contributed by atoms with Gasteiger partial charge in [-0.2, -0.15) is 0 Å². The highest BCUT2D eigenvalue weighted by Crippen LogP contribution is 2.09. The fourth-order valence-electron chi connectivity index (χ4n) is 3.56. The zero-order chi connectivity index (χ0) is 18.0. The Hall–Kier alpha value is -0.310. The van der Waals surface area contributed by atoms with Gasteiger partial charge in [-0.3, -0.25) is 0 Å². The fourth-order valence-corrected chi connectivity index (χ4v) is 3.56. The number of rotatable bonds is 18. The first-order valence-corrected chi connectivity index (χ1v) is 11.4. The van der Waals surface area contributed by atoms with Gasteiger partial charge < -0.3 is 17.0 Å². The highest BCUT2D eigenvalue weighted by Gasteiger charge is 2.03. The van der Waals surface area contributed by atoms with E-state index in [2.05, 4.69) is 41.7 Å². The van der Waals surface area contributed by atoms with Gasteiger partial charge in [-0.25, -0.2) is 9.13 Å². The lowest BCUT2D eigenvalue weighted by Crippen LogP contribution is -3.00. The predicted molar refractivity (Wildman–Crippen MR) is 110 cm³/mol. The second-order valence-corrected chi connectivity index (χ2v) is 7.84. The van der Waals surface area contributed by atoms with Crippen LogP contribution in [0.2, 0.25) is 0 Å². The van der Waals surface area contributed by atoms with Crippen LogP contribution in [0.4, 0.5) is 0 Å². The Morgan fingerprint density at radius 3 is 1.62 bits per heavy atom. The Morgan fingerprint density at radius 2 is 1.08 bits per heavy atom. The molecule has 0 saturated heterocycles. The summed E-state index contributed by atoms with van der Waals surface area (Å²) in [6, 6.07) is 0. The summed E-state index contributed by atoms with van der Waals surface area (Å²) in [7, 11) is 0. The third-order valence-corrected chi connectivity index (χ3v) is 5.29. The van der Waals surface area contributed by atoms with E-state index in [1.807, 2.05) is 0 Å². The number of nitrogens with zero attached hydrogens (tertiary/aromatic N) is 2. The lowest BCUT2D eigenvalue weighted by molar-refractivity contribution is -0.696. The minimum absolute atomic E-state index is 0. The molecule has 0 fully saturated rings. The SMILES string of the molecule is CCCCCCCCCCn1cc[n+](CCCCCCCCCC)c1.[Br-]. The Morgan fingerprint density at radius 1 is 0.615 bits per heavy atom. The third-order valence-electron chi connectivity index (χ3n) is 5.29. The number of hydrogen-bond donors (Lipinski definition) is 0. The molecule has 0 N–H and O–H groups in total. The molecule has 1 rings (SSSR count). The van der Waals surface area contributed by atoms with Gasteiger partial charge in [-0.1, -0.05) is 90.9 Å². The Balaban J connectivity index is 0.00000625. The van der Waals surface area contributed by atoms with Gasteiger partial charge in [0, 0.05) is 0 Å². The molecule has 0 aliphatic heterocycles. The first kappa shape index (κ1) is 25.7. The van der Waals surface area contributed by atoms with Gasteiger partial charge in [0.2, 0.25) is 6.33 Å². The summed E-state index contributed by atoms with van der Waals surface area (Å²) in [4.78, 5) is 0. The first-order valence-electron chi connectivity index (χ1n) is 11.4. The maximum absolute atomic E-state index is 2.38. The molecule has 0 aliphatic carbocycles. The average Bonchev–Trinajstić information content (AvgIpc) is 3.07. The molecule has 1 aromatic rings. The number of unbranched alkanes of at least 4 members (excludes halogenated alkanes) is 14. The maximum atomic E-state index is 2.38. The number of halogens is 1. The second-order valence-electron chi connectivity index (χ2n) is 7.84. The molecule has 0 aliphatic rings. The molecule has 0 amide bonds. The van der Waals surface area contributed by atoms with Crippen molar-refractivity contribution in [3.05, 3.63) is 18.7 Å². The molecule has 0 aromatic carbocycles. The normalized spacial score (nSPS) is 10.8. The van der Waals surface area contributed by atoms with Crippen molar-refractivity contribution in [1.82, 2.24) is 4.57 Å². The molecule has 0 spiro atoms. The molecule has 2 nitrogen and oxygen atoms in total. The lowest BCUT2D eigenvalue weighted by Gasteiger charge is -2.01. The molecule has 26 heavy (non-hydrogen) atoms. The first-order chi connectivity index (χ1) is 12.4. The lowest BCUT2D eigenvalue weighted by atomic mass is 10.1. The van der Waals surface area contributed by atoms with E-state index in [0.29, 0.717) is 0 Å². The molecule has 1 aromatic heterocycles. The number of imidazole rings is 1. The standard InChI is InChI=1S/C23H45N2.BrH/c1-3-5-7-9-11-13-15-17-19-24-21-22-25(23-24)20-18-16-14-12-10-8-6-4-2;/h21-23H,3-20H2,1-2H3;1H/q+1;/p-1. The smallest absolute Gasteiger partial charge is 0.243 e. The van der Waals surface area contributed by atoms with Gasteiger partial charge in [-0.15, -0.1) is 0 Å². The van der Waals surface area contributed by atoms with Crippen LogP contribution in [0.3, 0.4) is 0 Å². The van der Waals surface area contributed by atoms with Crippen LogP contribution in [0.25, 0.3) is 0 Å². The molecular weight excluding hydrogens is 384 g/mol. The number of hydrogen-bond acceptors (Lipinski definition) is 0. The van der Waals surface area contributed by atoms with Gasteiger partial charge in [0.05, 0.1) is 13.1 Å². The van der Waals surface area contributed by atoms with E-state index in [4.69, 9.17) is 0 Å². The highest BCUT2D eigenvalue weighted by molar-refractivity contribution is 4.66. The van der Waals surface area contributed by atoms with Crippen molar-refractivity contribution in [1.29, 1.82) is 0 Å². The van der Waals surface area contributed by atoms with Crippen LogP contribution in [-0.2, 0) is 13.1 Å². The minimum atomic E-state index is 0. The Labute approximate surface area is 174 Å². The summed E-state index contributed by atoms with van der Waals surface area (Å²) in [5.74, 6) is 0. The molecule has 0 radical (unpaired) electrons. The molecular formula is C23H45BrN2. The Kier molecular flexibility index (Phi) is 19.2. The predicted octanol–water partition coefficient (Wildman–Crippen LogP) is 4.06. The van der Waals surface area contributed by atoms with Crippen LogP contribution in [0, 0.1) is 0 Å². The van der Waals surface area contributed by atoms with Crippen LogP contribution in [0.5, 0.6) is 0 Å². The molecule has 0 atom stereocenters. The van der Waals surface area contributed by atoms with Crippen LogP contribution in [0.15, 0.2) is 18.7 Å². The van der Waals surface area contributed by atoms with Gasteiger partial charge in [0.1, 0.15) is 12.4 Å². The van der Waals surface area contributed by atoms with E-state index >= 15 is 0 Å². The molecule has 3 heteroatoms. The van der Waals surface area contributed by atoms with E-state index in [0.717, 1.165) is 0 Å². The second kappa shape index (κ2) is 19.5. The molecule has 1 heterocycles. The number of aryl methyl sites for hydroxylation is 2. The van der Waals surface area contributed by atoms with E-state index in [9.17, 15) is 0 Å². The zero-order valence-electron chi connectivity index (χ0n) is 17.7. The van der Waals surface area contributed by atoms with E-state index in [1.54, 1.807) is 0 Å². The van der Waals surface area contributed by atoms with Gasteiger partial charge in [-0.05, 0) is 25.7 Å². The topological polar surface area (TPSA) is 8.81 Å². The van der Waals surface area contributed by atoms with Crippen molar-refractivity contribution >= 4 is 0 Å². The van der Waals surface area contributed by atoms with Gasteiger partial charge in [0.25, 0.3) is 0 Å². The highest BCUT2D eigenvalue weighted by atomic mass is 79.9. The van der Waals surface area contributed by atoms with Gasteiger partial charge in [0.15, 0.2) is 0 Å². The number of aromatic nitrogens is 2. The van der Waals surface area contributed by atoms with E-state index < -0.39 is 0 Å². The van der Waals surface area contributed by atoms with Crippen molar-refractivity contribution in [2.24, 2.45) is 0 Å². The largest absolute Gasteiger partial charge is 1.00 e. The van der Waals surface area contributed by atoms with Crippen LogP contribution in [-0.4, -0.2) is 4.57 Å². The maximum Gasteiger partial charge on any atom is 0.243 e. The van der Waals surface area contributed by atoms with Crippen molar-refractivity contribution < 1.29 is 21.5 Å². The summed E-state index contributed by atoms with van der Waals surface area (Å²) in [6.07, 6.45) is 29.3. The summed E-state index contributed by atoms with van der Waals surface area (Å²) in [5, 5.41) is 0. The fraction of sp³-hybridized carbons (Fsp3) is 0.870. The van der Waals surface area contributed by atoms with Crippen LogP contribution < -0.4 is 21.5 Å². The summed E-state index contributed by atoms with van der Waals surface area (Å²) in [6.45, 7) is 6.97. The van der Waals surface area contributed by atoms with E-state index in [1.165, 1.54) is 116 Å². The molecule has 154 valence electrons. The molecule has 0 bridgehead atoms. The third kappa shape index (κ3) is 14.8. The summed E-state index contributed by atoms with van der Waals surface area (Å²) >= 11 is 0. The Bertz CT molecular complexity index is 355. The minimum Gasteiger partial charge on any atom is -1.00 e. The van der Waals surface area contributed by atoms with Crippen molar-refractivity contribution in [2.45, 2.75) is 130 Å². The summed E-state index contributed by atoms with van der Waals surface area (Å²) in [5.41, 5.74) is 0. The molecule has 0 unspecified atom stereocenters. The van der Waals surface area contributed by atoms with Crippen LogP contribution in [0.1, 0.15) is 117 Å². The quantitative estimate of drug-likeness (QED) is 0.246. The van der Waals surface area contributed by atoms with E-state index in [-0.39, 0.29) is 17.0 Å². The summed E-state index contributed by atoms with van der Waals surface area (Å²) < 4.78 is 4.75. The van der Waals surface area contributed by atoms with Gasteiger partial charge >= 0.3 is 0 Å². The van der Waals surface area contributed by atoms with Crippen molar-refractivity contribution in [3.63, 3.8) is 0 Å².